The van der Waals surface area contributed by atoms with E-state index in [0.717, 1.165) is 5.56 Å². The van der Waals surface area contributed by atoms with E-state index in [9.17, 15) is 57.8 Å². The van der Waals surface area contributed by atoms with E-state index in [2.05, 4.69) is 47.9 Å². The van der Waals surface area contributed by atoms with Crippen LogP contribution in [0, 0.1) is 17.8 Å². The Hall–Kier alpha value is -6.65. The van der Waals surface area contributed by atoms with Crippen molar-refractivity contribution in [1.82, 2.24) is 57.7 Å². The molecule has 2 aliphatic rings. The number of carbonyl (C=O) groups excluding carboxylic acids is 11. The van der Waals surface area contributed by atoms with Crippen molar-refractivity contribution < 1.29 is 57.8 Å². The summed E-state index contributed by atoms with van der Waals surface area (Å²) in [5.74, 6) is -6.85. The largest absolute Gasteiger partial charge is 0.394 e. The van der Waals surface area contributed by atoms with Crippen LogP contribution in [0.5, 0.6) is 0 Å². The minimum atomic E-state index is -1.15. The van der Waals surface area contributed by atoms with E-state index in [0.29, 0.717) is 32.1 Å². The molecule has 2 heterocycles. The van der Waals surface area contributed by atoms with Gasteiger partial charge >= 0.3 is 0 Å². The molecule has 11 amide bonds. The zero-order valence-corrected chi connectivity index (χ0v) is 46.4. The lowest BCUT2D eigenvalue weighted by atomic mass is 10.0. The first kappa shape index (κ1) is 63.6. The first-order valence-electron chi connectivity index (χ1n) is 26.6. The molecule has 0 spiro atoms. The molecule has 1 unspecified atom stereocenters. The number of hydrogen-bond acceptors (Lipinski definition) is 12. The van der Waals surface area contributed by atoms with Crippen LogP contribution in [0.25, 0.3) is 0 Å². The maximum absolute atomic E-state index is 13.8. The molecule has 0 bridgehead atoms. The van der Waals surface area contributed by atoms with Gasteiger partial charge in [-0.05, 0) is 103 Å². The lowest BCUT2D eigenvalue weighted by Crippen LogP contribution is -2.59. The van der Waals surface area contributed by atoms with Crippen molar-refractivity contribution in [3.05, 3.63) is 35.9 Å². The summed E-state index contributed by atoms with van der Waals surface area (Å²) < 4.78 is 0. The molecule has 1 aromatic carbocycles. The smallest absolute Gasteiger partial charge is 0.245 e. The van der Waals surface area contributed by atoms with E-state index in [-0.39, 0.29) is 50.3 Å². The monoisotopic (exact) mass is 1070 g/mol. The van der Waals surface area contributed by atoms with Crippen LogP contribution in [0.4, 0.5) is 0 Å². The number of nitrogens with one attached hydrogen (secondary N) is 9. The highest BCUT2D eigenvalue weighted by Crippen LogP contribution is 2.21. The van der Waals surface area contributed by atoms with Gasteiger partial charge in [0.1, 0.15) is 60.4 Å². The zero-order valence-electron chi connectivity index (χ0n) is 46.4. The van der Waals surface area contributed by atoms with Crippen LogP contribution in [0.15, 0.2) is 30.3 Å². The number of carbonyl (C=O) groups is 11. The minimum Gasteiger partial charge on any atom is -0.394 e. The van der Waals surface area contributed by atoms with Crippen LogP contribution < -0.4 is 47.9 Å². The number of nitrogens with zero attached hydrogens (tertiary/aromatic N) is 2. The Balaban J connectivity index is 1.55. The van der Waals surface area contributed by atoms with Gasteiger partial charge in [0.15, 0.2) is 0 Å². The van der Waals surface area contributed by atoms with Crippen molar-refractivity contribution in [3.63, 3.8) is 0 Å². The van der Waals surface area contributed by atoms with Crippen LogP contribution in [0.1, 0.15) is 127 Å². The number of rotatable bonds is 27. The molecule has 0 saturated carbocycles. The molecule has 2 aliphatic heterocycles. The second-order valence-electron chi connectivity index (χ2n) is 21.4. The maximum atomic E-state index is 13.8. The first-order valence-corrected chi connectivity index (χ1v) is 26.6. The summed E-state index contributed by atoms with van der Waals surface area (Å²) in [7, 11) is 0. The maximum Gasteiger partial charge on any atom is 0.245 e. The van der Waals surface area contributed by atoms with E-state index in [1.54, 1.807) is 13.8 Å². The molecule has 23 heteroatoms. The van der Waals surface area contributed by atoms with Gasteiger partial charge in [0.2, 0.25) is 65.0 Å². The molecular weight excluding hydrogens is 983 g/mol. The molecule has 2 fully saturated rings. The normalized spacial score (nSPS) is 18.9. The second-order valence-corrected chi connectivity index (χ2v) is 21.4. The number of amides is 11. The van der Waals surface area contributed by atoms with Crippen molar-refractivity contribution >= 4 is 65.0 Å². The molecule has 23 nitrogen and oxygen atoms in total. The Morgan fingerprint density at radius 1 is 0.500 bits per heavy atom. The molecule has 76 heavy (non-hydrogen) atoms. The molecular formula is C53H85N11O12. The lowest BCUT2D eigenvalue weighted by Gasteiger charge is -2.30. The molecule has 11 atom stereocenters. The minimum absolute atomic E-state index is 0.0774. The standard InChI is InChI=1S/C53H85N11O12/c1-28(2)24-39(59-36(12)66)47(70)57-34(10)52(75)64-23-17-21-42(64)50(73)56-32(8)45(68)61-40(25-29(3)4)48(71)58-35(11)53(76)63-22-16-20-41(63)49(72)55-31(7)44(67)54-33(9)46(69)62-43(30(5)6)51(74)60-38(27-65)26-37-18-14-13-15-19-37/h13-15,18-19,28-35,38-43,65H,16-17,20-27H2,1-12H3,(H,54,67)(H,55,72)(H,56,73)(H,57,70)(H,58,71)(H,59,66)(H,60,74)(H,61,68)(H,62,69)/t31-,32-,33-,34-,35-,38?,39-,40-,41-,42-,43-/m0/s1. The van der Waals surface area contributed by atoms with E-state index < -0.39 is 131 Å². The molecule has 1 aromatic rings. The van der Waals surface area contributed by atoms with Gasteiger partial charge in [-0.25, -0.2) is 0 Å². The number of hydrogen-bond donors (Lipinski definition) is 10. The molecule has 0 aliphatic carbocycles. The van der Waals surface area contributed by atoms with Crippen LogP contribution in [-0.4, -0.2) is 166 Å². The lowest BCUT2D eigenvalue weighted by molar-refractivity contribution is -0.142. The predicted molar refractivity (Wildman–Crippen MR) is 282 cm³/mol. The average Bonchev–Trinajstić information content (AvgIpc) is 4.05. The highest BCUT2D eigenvalue weighted by Gasteiger charge is 2.40. The number of aliphatic hydroxyl groups excluding tert-OH is 1. The van der Waals surface area contributed by atoms with Gasteiger partial charge < -0.3 is 62.8 Å². The fourth-order valence-corrected chi connectivity index (χ4v) is 9.12. The van der Waals surface area contributed by atoms with E-state index in [1.807, 2.05) is 58.0 Å². The summed E-state index contributed by atoms with van der Waals surface area (Å²) in [6.45, 7) is 19.6. The third-order valence-electron chi connectivity index (χ3n) is 13.3. The SMILES string of the molecule is CC(=O)N[C@@H](CC(C)C)C(=O)N[C@@H](C)C(=O)N1CCC[C@H]1C(=O)N[C@@H](C)C(=O)N[C@@H](CC(C)C)C(=O)N[C@@H](C)C(=O)N1CCC[C@H]1C(=O)N[C@@H](C)C(=O)N[C@@H](C)C(=O)N[C@H](C(=O)NC(CO)Cc1ccccc1)C(C)C. The van der Waals surface area contributed by atoms with Crippen molar-refractivity contribution in [2.24, 2.45) is 17.8 Å². The first-order chi connectivity index (χ1) is 35.6. The Morgan fingerprint density at radius 3 is 1.33 bits per heavy atom. The highest BCUT2D eigenvalue weighted by molar-refractivity contribution is 5.99. The zero-order chi connectivity index (χ0) is 57.1. The summed E-state index contributed by atoms with van der Waals surface area (Å²) in [6, 6.07) is -1.79. The molecule has 10 N–H and O–H groups in total. The Kier molecular flexibility index (Phi) is 25.3. The summed E-state index contributed by atoms with van der Waals surface area (Å²) in [4.78, 5) is 149. The topological polar surface area (TPSA) is 323 Å². The summed E-state index contributed by atoms with van der Waals surface area (Å²) in [6.07, 6.45) is 2.41. The van der Waals surface area contributed by atoms with Crippen LogP contribution in [0.3, 0.4) is 0 Å². The summed E-state index contributed by atoms with van der Waals surface area (Å²) in [5, 5.41) is 33.8. The Morgan fingerprint density at radius 2 is 0.908 bits per heavy atom. The summed E-state index contributed by atoms with van der Waals surface area (Å²) in [5.41, 5.74) is 0.907. The number of aliphatic hydroxyl groups is 1. The van der Waals surface area contributed by atoms with Crippen molar-refractivity contribution in [1.29, 1.82) is 0 Å². The van der Waals surface area contributed by atoms with Crippen molar-refractivity contribution in [2.75, 3.05) is 19.7 Å². The van der Waals surface area contributed by atoms with Gasteiger partial charge in [0.25, 0.3) is 0 Å². The fraction of sp³-hybridized carbons (Fsp3) is 0.679. The number of likely N-dealkylation sites (tertiary alicyclic amines) is 2. The molecule has 424 valence electrons. The van der Waals surface area contributed by atoms with Crippen LogP contribution >= 0.6 is 0 Å². The van der Waals surface area contributed by atoms with E-state index in [4.69, 9.17) is 0 Å². The van der Waals surface area contributed by atoms with Gasteiger partial charge in [-0.1, -0.05) is 71.9 Å². The van der Waals surface area contributed by atoms with Crippen molar-refractivity contribution in [2.45, 2.75) is 194 Å². The van der Waals surface area contributed by atoms with Crippen LogP contribution in [0.2, 0.25) is 0 Å². The second kappa shape index (κ2) is 30.2. The highest BCUT2D eigenvalue weighted by atomic mass is 16.3. The Bertz CT molecular complexity index is 2210. The van der Waals surface area contributed by atoms with Gasteiger partial charge in [-0.2, -0.15) is 0 Å². The quantitative estimate of drug-likeness (QED) is 0.0530. The fourth-order valence-electron chi connectivity index (χ4n) is 9.12. The average molecular weight is 1070 g/mol. The van der Waals surface area contributed by atoms with Crippen LogP contribution in [-0.2, 0) is 59.2 Å². The summed E-state index contributed by atoms with van der Waals surface area (Å²) >= 11 is 0. The van der Waals surface area contributed by atoms with E-state index >= 15 is 0 Å². The predicted octanol–water partition coefficient (Wildman–Crippen LogP) is -0.566. The third-order valence-corrected chi connectivity index (χ3v) is 13.3. The van der Waals surface area contributed by atoms with Gasteiger partial charge in [-0.15, -0.1) is 0 Å². The van der Waals surface area contributed by atoms with E-state index in [1.165, 1.54) is 51.3 Å². The van der Waals surface area contributed by atoms with Crippen molar-refractivity contribution in [3.8, 4) is 0 Å². The third kappa shape index (κ3) is 19.5. The Labute approximate surface area is 447 Å². The van der Waals surface area contributed by atoms with Gasteiger partial charge in [-0.3, -0.25) is 52.7 Å². The molecule has 3 rings (SSSR count). The molecule has 2 saturated heterocycles. The number of benzene rings is 1. The molecule has 0 aromatic heterocycles. The van der Waals surface area contributed by atoms with Gasteiger partial charge in [0, 0.05) is 20.0 Å². The molecule has 0 radical (unpaired) electrons. The van der Waals surface area contributed by atoms with Gasteiger partial charge in [0.05, 0.1) is 12.6 Å².